The van der Waals surface area contributed by atoms with Crippen molar-refractivity contribution in [1.29, 1.82) is 0 Å². The van der Waals surface area contributed by atoms with Gasteiger partial charge in [0.15, 0.2) is 0 Å². The summed E-state index contributed by atoms with van der Waals surface area (Å²) >= 11 is 0. The molecule has 1 aliphatic rings. The fourth-order valence-corrected chi connectivity index (χ4v) is 3.09. The summed E-state index contributed by atoms with van der Waals surface area (Å²) in [4.78, 5) is 25.4. The molecule has 5 heteroatoms. The van der Waals surface area contributed by atoms with Crippen LogP contribution in [0.1, 0.15) is 32.3 Å². The van der Waals surface area contributed by atoms with Gasteiger partial charge >= 0.3 is 5.97 Å². The first-order valence-corrected chi connectivity index (χ1v) is 7.99. The molecule has 1 heterocycles. The fourth-order valence-electron chi connectivity index (χ4n) is 3.09. The van der Waals surface area contributed by atoms with Crippen molar-refractivity contribution in [2.75, 3.05) is 20.2 Å². The standard InChI is InChI=1S/C18H25NO4/c1-13(10-14-6-4-5-7-15(14)23-3)11-16(20)19-9-8-18(2,12-19)17(21)22/h4-7,13H,8-12H2,1-3H3,(H,21,22)/t13-,18+/m0/s1. The number of aliphatic carboxylic acids is 1. The van der Waals surface area contributed by atoms with Crippen LogP contribution in [0.4, 0.5) is 0 Å². The van der Waals surface area contributed by atoms with Gasteiger partial charge in [-0.2, -0.15) is 0 Å². The van der Waals surface area contributed by atoms with Crippen LogP contribution in [0, 0.1) is 11.3 Å². The number of carboxylic acids is 1. The number of benzene rings is 1. The Bertz CT molecular complexity index is 586. The Morgan fingerprint density at radius 1 is 1.39 bits per heavy atom. The smallest absolute Gasteiger partial charge is 0.311 e. The molecule has 1 amide bonds. The predicted octanol–water partition coefficient (Wildman–Crippen LogP) is 2.59. The van der Waals surface area contributed by atoms with E-state index in [4.69, 9.17) is 4.74 Å². The Hall–Kier alpha value is -2.04. The van der Waals surface area contributed by atoms with Crippen LogP contribution in [-0.2, 0) is 16.0 Å². The SMILES string of the molecule is COc1ccccc1C[C@H](C)CC(=O)N1CC[C@@](C)(C(=O)O)C1. The fraction of sp³-hybridized carbons (Fsp3) is 0.556. The summed E-state index contributed by atoms with van der Waals surface area (Å²) in [5, 5.41) is 9.25. The zero-order valence-corrected chi connectivity index (χ0v) is 14.0. The third-order valence-corrected chi connectivity index (χ3v) is 4.63. The molecule has 0 aliphatic carbocycles. The van der Waals surface area contributed by atoms with Crippen LogP contribution in [0.25, 0.3) is 0 Å². The van der Waals surface area contributed by atoms with Gasteiger partial charge in [-0.05, 0) is 37.3 Å². The van der Waals surface area contributed by atoms with E-state index in [9.17, 15) is 14.7 Å². The highest BCUT2D eigenvalue weighted by atomic mass is 16.5. The molecule has 0 spiro atoms. The maximum atomic E-state index is 12.4. The quantitative estimate of drug-likeness (QED) is 0.875. The van der Waals surface area contributed by atoms with Gasteiger partial charge in [-0.3, -0.25) is 9.59 Å². The highest BCUT2D eigenvalue weighted by Crippen LogP contribution is 2.31. The molecule has 1 N–H and O–H groups in total. The van der Waals surface area contributed by atoms with Crippen molar-refractivity contribution in [3.05, 3.63) is 29.8 Å². The van der Waals surface area contributed by atoms with E-state index < -0.39 is 11.4 Å². The lowest BCUT2D eigenvalue weighted by Crippen LogP contribution is -2.35. The lowest BCUT2D eigenvalue weighted by atomic mass is 9.90. The monoisotopic (exact) mass is 319 g/mol. The van der Waals surface area contributed by atoms with Crippen LogP contribution in [-0.4, -0.2) is 42.1 Å². The van der Waals surface area contributed by atoms with Crippen molar-refractivity contribution >= 4 is 11.9 Å². The number of rotatable bonds is 6. The molecule has 1 fully saturated rings. The first-order chi connectivity index (χ1) is 10.9. The molecule has 0 radical (unpaired) electrons. The Morgan fingerprint density at radius 2 is 2.09 bits per heavy atom. The van der Waals surface area contributed by atoms with E-state index in [0.717, 1.165) is 17.7 Å². The second-order valence-electron chi connectivity index (χ2n) is 6.76. The van der Waals surface area contributed by atoms with Gasteiger partial charge in [0.2, 0.25) is 5.91 Å². The minimum Gasteiger partial charge on any atom is -0.496 e. The number of hydrogen-bond acceptors (Lipinski definition) is 3. The van der Waals surface area contributed by atoms with E-state index in [0.29, 0.717) is 25.9 Å². The van der Waals surface area contributed by atoms with Gasteiger partial charge in [0.1, 0.15) is 5.75 Å². The molecular formula is C18H25NO4. The van der Waals surface area contributed by atoms with Crippen molar-refractivity contribution in [1.82, 2.24) is 4.90 Å². The van der Waals surface area contributed by atoms with E-state index in [1.165, 1.54) is 0 Å². The van der Waals surface area contributed by atoms with Crippen LogP contribution < -0.4 is 4.74 Å². The normalized spacial score (nSPS) is 22.0. The van der Waals surface area contributed by atoms with Crippen LogP contribution in [0.2, 0.25) is 0 Å². The molecule has 1 aliphatic heterocycles. The van der Waals surface area contributed by atoms with Gasteiger partial charge in [0.05, 0.1) is 12.5 Å². The van der Waals surface area contributed by atoms with Crippen LogP contribution in [0.15, 0.2) is 24.3 Å². The summed E-state index contributed by atoms with van der Waals surface area (Å²) in [6.45, 7) is 4.59. The van der Waals surface area contributed by atoms with Crippen molar-refractivity contribution in [3.63, 3.8) is 0 Å². The summed E-state index contributed by atoms with van der Waals surface area (Å²) in [5.74, 6) is 0.231. The highest BCUT2D eigenvalue weighted by molar-refractivity contribution is 5.80. The van der Waals surface area contributed by atoms with Crippen molar-refractivity contribution < 1.29 is 19.4 Å². The lowest BCUT2D eigenvalue weighted by molar-refractivity contribution is -0.147. The van der Waals surface area contributed by atoms with Crippen LogP contribution in [0.5, 0.6) is 5.75 Å². The number of carbonyl (C=O) groups is 2. The number of methoxy groups -OCH3 is 1. The molecule has 0 unspecified atom stereocenters. The third kappa shape index (κ3) is 4.03. The van der Waals surface area contributed by atoms with Gasteiger partial charge in [-0.1, -0.05) is 25.1 Å². The highest BCUT2D eigenvalue weighted by Gasteiger charge is 2.42. The van der Waals surface area contributed by atoms with Gasteiger partial charge < -0.3 is 14.7 Å². The van der Waals surface area contributed by atoms with Crippen LogP contribution in [0.3, 0.4) is 0 Å². The van der Waals surface area contributed by atoms with E-state index >= 15 is 0 Å². The molecule has 1 aromatic rings. The maximum absolute atomic E-state index is 12.4. The number of carbonyl (C=O) groups excluding carboxylic acids is 1. The zero-order valence-electron chi connectivity index (χ0n) is 14.0. The van der Waals surface area contributed by atoms with Gasteiger partial charge in [0.25, 0.3) is 0 Å². The number of ether oxygens (including phenoxy) is 1. The number of para-hydroxylation sites is 1. The lowest BCUT2D eigenvalue weighted by Gasteiger charge is -2.22. The number of likely N-dealkylation sites (tertiary alicyclic amines) is 1. The molecule has 2 rings (SSSR count). The largest absolute Gasteiger partial charge is 0.496 e. The zero-order chi connectivity index (χ0) is 17.0. The number of hydrogen-bond donors (Lipinski definition) is 1. The van der Waals surface area contributed by atoms with Gasteiger partial charge in [-0.25, -0.2) is 0 Å². The second kappa shape index (κ2) is 7.02. The average molecular weight is 319 g/mol. The van der Waals surface area contributed by atoms with Crippen molar-refractivity contribution in [3.8, 4) is 5.75 Å². The summed E-state index contributed by atoms with van der Waals surface area (Å²) in [6.07, 6.45) is 1.71. The number of nitrogens with zero attached hydrogens (tertiary/aromatic N) is 1. The minimum absolute atomic E-state index is 0.0392. The average Bonchev–Trinajstić information content (AvgIpc) is 2.92. The topological polar surface area (TPSA) is 66.8 Å². The van der Waals surface area contributed by atoms with Gasteiger partial charge in [-0.15, -0.1) is 0 Å². The molecule has 126 valence electrons. The molecule has 1 saturated heterocycles. The van der Waals surface area contributed by atoms with Crippen LogP contribution >= 0.6 is 0 Å². The molecular weight excluding hydrogens is 294 g/mol. The molecule has 23 heavy (non-hydrogen) atoms. The minimum atomic E-state index is -0.824. The Balaban J connectivity index is 1.92. The molecule has 0 saturated carbocycles. The summed E-state index contributed by atoms with van der Waals surface area (Å²) < 4.78 is 5.34. The first-order valence-electron chi connectivity index (χ1n) is 7.99. The molecule has 0 aromatic heterocycles. The third-order valence-electron chi connectivity index (χ3n) is 4.63. The summed E-state index contributed by atoms with van der Waals surface area (Å²) in [7, 11) is 1.64. The second-order valence-corrected chi connectivity index (χ2v) is 6.76. The molecule has 5 nitrogen and oxygen atoms in total. The Kier molecular flexibility index (Phi) is 5.29. The van der Waals surface area contributed by atoms with E-state index in [1.807, 2.05) is 31.2 Å². The Morgan fingerprint density at radius 3 is 2.70 bits per heavy atom. The summed E-state index contributed by atoms with van der Waals surface area (Å²) in [6, 6.07) is 7.82. The predicted molar refractivity (Wildman–Crippen MR) is 87.4 cm³/mol. The molecule has 2 atom stereocenters. The van der Waals surface area contributed by atoms with E-state index in [2.05, 4.69) is 0 Å². The van der Waals surface area contributed by atoms with E-state index in [-0.39, 0.29) is 11.8 Å². The van der Waals surface area contributed by atoms with Gasteiger partial charge in [0, 0.05) is 19.5 Å². The molecule has 0 bridgehead atoms. The first kappa shape index (κ1) is 17.3. The Labute approximate surface area is 137 Å². The number of amides is 1. The van der Waals surface area contributed by atoms with Crippen molar-refractivity contribution in [2.45, 2.75) is 33.1 Å². The summed E-state index contributed by atoms with van der Waals surface area (Å²) in [5.41, 5.74) is 0.286. The maximum Gasteiger partial charge on any atom is 0.311 e. The van der Waals surface area contributed by atoms with Crippen molar-refractivity contribution in [2.24, 2.45) is 11.3 Å². The number of carboxylic acid groups (broad SMARTS) is 1. The molecule has 1 aromatic carbocycles. The van der Waals surface area contributed by atoms with E-state index in [1.54, 1.807) is 18.9 Å².